The van der Waals surface area contributed by atoms with Crippen molar-refractivity contribution >= 4 is 23.2 Å². The van der Waals surface area contributed by atoms with Crippen LogP contribution < -0.4 is 15.1 Å². The first-order chi connectivity index (χ1) is 15.4. The fourth-order valence-corrected chi connectivity index (χ4v) is 4.48. The van der Waals surface area contributed by atoms with Crippen LogP contribution in [0.1, 0.15) is 18.4 Å². The standard InChI is InChI=1S/C24H21F3N4O/c25-24(26,27)18-5-3-4-16(14-18)17-7-8-20-21(15-17)31(19-9-12-30(20)13-10-19)23(32)29-22-6-1-2-11-28-22/h1-8,11,14-15,19H,9-10,12-13H2,(H,28,29,32). The van der Waals surface area contributed by atoms with E-state index in [-0.39, 0.29) is 12.1 Å². The Balaban J connectivity index is 1.56. The second-order valence-corrected chi connectivity index (χ2v) is 8.02. The first-order valence-corrected chi connectivity index (χ1v) is 10.5. The number of rotatable bonds is 2. The van der Waals surface area contributed by atoms with Crippen molar-refractivity contribution < 1.29 is 18.0 Å². The van der Waals surface area contributed by atoms with Crippen molar-refractivity contribution in [3.63, 3.8) is 0 Å². The summed E-state index contributed by atoms with van der Waals surface area (Å²) in [6, 6.07) is 15.8. The van der Waals surface area contributed by atoms with E-state index in [0.717, 1.165) is 43.8 Å². The maximum Gasteiger partial charge on any atom is 0.416 e. The molecule has 3 aliphatic heterocycles. The molecule has 0 aliphatic carbocycles. The highest BCUT2D eigenvalue weighted by atomic mass is 19.4. The molecule has 0 spiro atoms. The van der Waals surface area contributed by atoms with E-state index in [1.165, 1.54) is 6.07 Å². The molecule has 1 fully saturated rings. The third-order valence-corrected chi connectivity index (χ3v) is 6.05. The highest BCUT2D eigenvalue weighted by molar-refractivity contribution is 6.05. The number of piperidine rings is 1. The van der Waals surface area contributed by atoms with Crippen molar-refractivity contribution in [2.45, 2.75) is 25.1 Å². The number of carbonyl (C=O) groups is 1. The first-order valence-electron chi connectivity index (χ1n) is 10.5. The van der Waals surface area contributed by atoms with Gasteiger partial charge in [-0.05, 0) is 60.4 Å². The van der Waals surface area contributed by atoms with Crippen LogP contribution >= 0.6 is 0 Å². The molecule has 1 saturated heterocycles. The molecule has 0 radical (unpaired) electrons. The van der Waals surface area contributed by atoms with Crippen LogP contribution in [0.4, 0.5) is 35.2 Å². The molecule has 5 nitrogen and oxygen atoms in total. The van der Waals surface area contributed by atoms with E-state index in [1.807, 2.05) is 18.2 Å². The fourth-order valence-electron chi connectivity index (χ4n) is 4.48. The summed E-state index contributed by atoms with van der Waals surface area (Å²) in [6.07, 6.45) is -1.16. The van der Waals surface area contributed by atoms with Crippen LogP contribution in [-0.2, 0) is 6.18 Å². The van der Waals surface area contributed by atoms with Crippen molar-refractivity contribution in [2.24, 2.45) is 0 Å². The smallest absolute Gasteiger partial charge is 0.370 e. The average Bonchev–Trinajstić information content (AvgIpc) is 3.05. The molecule has 2 amide bonds. The Labute approximate surface area is 183 Å². The largest absolute Gasteiger partial charge is 0.416 e. The maximum atomic E-state index is 13.3. The molecule has 6 rings (SSSR count). The van der Waals surface area contributed by atoms with E-state index < -0.39 is 11.7 Å². The number of hydrogen-bond donors (Lipinski definition) is 1. The molecule has 0 saturated carbocycles. The number of halogens is 3. The van der Waals surface area contributed by atoms with Gasteiger partial charge in [0.05, 0.1) is 16.9 Å². The summed E-state index contributed by atoms with van der Waals surface area (Å²) in [5, 5.41) is 2.86. The highest BCUT2D eigenvalue weighted by Crippen LogP contribution is 2.42. The number of anilines is 3. The zero-order valence-electron chi connectivity index (χ0n) is 17.1. The van der Waals surface area contributed by atoms with Crippen LogP contribution in [-0.4, -0.2) is 30.1 Å². The molecule has 2 bridgehead atoms. The number of amides is 2. The number of alkyl halides is 3. The summed E-state index contributed by atoms with van der Waals surface area (Å²) in [6.45, 7) is 1.65. The summed E-state index contributed by atoms with van der Waals surface area (Å²) in [7, 11) is 0. The minimum atomic E-state index is -4.42. The van der Waals surface area contributed by atoms with Crippen LogP contribution in [0, 0.1) is 0 Å². The summed E-state index contributed by atoms with van der Waals surface area (Å²) in [5.74, 6) is 0.451. The number of benzene rings is 2. The van der Waals surface area contributed by atoms with Gasteiger partial charge in [-0.2, -0.15) is 13.2 Å². The molecule has 3 aliphatic rings. The summed E-state index contributed by atoms with van der Waals surface area (Å²) < 4.78 is 39.7. The second kappa shape index (κ2) is 7.85. The van der Waals surface area contributed by atoms with Crippen LogP contribution in [0.25, 0.3) is 11.1 Å². The summed E-state index contributed by atoms with van der Waals surface area (Å²) >= 11 is 0. The normalized spacial score (nSPS) is 16.0. The Bertz CT molecular complexity index is 1140. The Kier molecular flexibility index (Phi) is 5.00. The van der Waals surface area contributed by atoms with Crippen LogP contribution in [0.15, 0.2) is 66.9 Å². The molecule has 3 aromatic rings. The lowest BCUT2D eigenvalue weighted by Gasteiger charge is -2.32. The first kappa shape index (κ1) is 20.4. The quantitative estimate of drug-likeness (QED) is 0.551. The number of fused-ring (bicyclic) bond motifs is 2. The molecule has 8 heteroatoms. The van der Waals surface area contributed by atoms with Gasteiger partial charge in [0.25, 0.3) is 0 Å². The van der Waals surface area contributed by atoms with Gasteiger partial charge < -0.3 is 4.90 Å². The zero-order chi connectivity index (χ0) is 22.3. The summed E-state index contributed by atoms with van der Waals surface area (Å²) in [4.78, 5) is 21.5. The molecule has 4 heterocycles. The van der Waals surface area contributed by atoms with E-state index in [1.54, 1.807) is 35.4 Å². The number of hydrogen-bond acceptors (Lipinski definition) is 3. The number of carbonyl (C=O) groups excluding carboxylic acids is 1. The lowest BCUT2D eigenvalue weighted by molar-refractivity contribution is -0.137. The van der Waals surface area contributed by atoms with Crippen molar-refractivity contribution in [3.8, 4) is 11.1 Å². The SMILES string of the molecule is O=C(Nc1ccccn1)N1c2cc(-c3cccc(C(F)(F)F)c3)ccc2N2CCC1CC2. The minimum Gasteiger partial charge on any atom is -0.370 e. The van der Waals surface area contributed by atoms with Crippen LogP contribution in [0.3, 0.4) is 0 Å². The average molecular weight is 438 g/mol. The van der Waals surface area contributed by atoms with E-state index in [2.05, 4.69) is 15.2 Å². The van der Waals surface area contributed by atoms with E-state index in [4.69, 9.17) is 0 Å². The van der Waals surface area contributed by atoms with Gasteiger partial charge in [0, 0.05) is 25.3 Å². The monoisotopic (exact) mass is 438 g/mol. The summed E-state index contributed by atoms with van der Waals surface area (Å²) in [5.41, 5.74) is 2.01. The van der Waals surface area contributed by atoms with Gasteiger partial charge in [-0.1, -0.05) is 24.3 Å². The Hall–Kier alpha value is -3.55. The van der Waals surface area contributed by atoms with Crippen molar-refractivity contribution in [3.05, 3.63) is 72.4 Å². The van der Waals surface area contributed by atoms with Gasteiger partial charge >= 0.3 is 12.2 Å². The number of aromatic nitrogens is 1. The zero-order valence-corrected chi connectivity index (χ0v) is 17.1. The molecule has 2 aromatic carbocycles. The molecule has 0 unspecified atom stereocenters. The van der Waals surface area contributed by atoms with E-state index in [0.29, 0.717) is 22.6 Å². The molecule has 164 valence electrons. The van der Waals surface area contributed by atoms with E-state index >= 15 is 0 Å². The minimum absolute atomic E-state index is 0.00738. The topological polar surface area (TPSA) is 48.5 Å². The third kappa shape index (κ3) is 3.77. The lowest BCUT2D eigenvalue weighted by atomic mass is 10.0. The molecule has 1 aromatic heterocycles. The Morgan fingerprint density at radius 3 is 2.44 bits per heavy atom. The van der Waals surface area contributed by atoms with Crippen molar-refractivity contribution in [1.82, 2.24) is 4.98 Å². The Morgan fingerprint density at radius 1 is 0.938 bits per heavy atom. The van der Waals surface area contributed by atoms with Crippen LogP contribution in [0.2, 0.25) is 0 Å². The predicted octanol–water partition coefficient (Wildman–Crippen LogP) is 5.79. The van der Waals surface area contributed by atoms with Gasteiger partial charge in [0.15, 0.2) is 0 Å². The second-order valence-electron chi connectivity index (χ2n) is 8.02. The fraction of sp³-hybridized carbons (Fsp3) is 0.250. The van der Waals surface area contributed by atoms with Gasteiger partial charge in [-0.3, -0.25) is 10.2 Å². The number of pyridine rings is 1. The molecular weight excluding hydrogens is 417 g/mol. The van der Waals surface area contributed by atoms with Gasteiger partial charge in [0.1, 0.15) is 5.82 Å². The molecule has 0 atom stereocenters. The highest BCUT2D eigenvalue weighted by Gasteiger charge is 2.36. The lowest BCUT2D eigenvalue weighted by Crippen LogP contribution is -2.45. The molecule has 1 N–H and O–H groups in total. The third-order valence-electron chi connectivity index (χ3n) is 6.05. The van der Waals surface area contributed by atoms with Gasteiger partial charge in [-0.15, -0.1) is 0 Å². The maximum absolute atomic E-state index is 13.3. The van der Waals surface area contributed by atoms with Crippen molar-refractivity contribution in [1.29, 1.82) is 0 Å². The van der Waals surface area contributed by atoms with Crippen LogP contribution in [0.5, 0.6) is 0 Å². The number of urea groups is 1. The van der Waals surface area contributed by atoms with E-state index in [9.17, 15) is 18.0 Å². The molecule has 32 heavy (non-hydrogen) atoms. The predicted molar refractivity (Wildman–Crippen MR) is 118 cm³/mol. The van der Waals surface area contributed by atoms with Crippen molar-refractivity contribution in [2.75, 3.05) is 28.2 Å². The molecular formula is C24H21F3N4O. The van der Waals surface area contributed by atoms with Gasteiger partial charge in [-0.25, -0.2) is 9.78 Å². The van der Waals surface area contributed by atoms with Gasteiger partial charge in [0.2, 0.25) is 0 Å². The Morgan fingerprint density at radius 2 is 1.72 bits per heavy atom. The number of nitrogens with zero attached hydrogens (tertiary/aromatic N) is 3. The number of nitrogens with one attached hydrogen (secondary N) is 1.